The number of aryl methyl sites for hydroxylation is 1. The summed E-state index contributed by atoms with van der Waals surface area (Å²) >= 11 is 20.9. The van der Waals surface area contributed by atoms with Gasteiger partial charge in [0, 0.05) is 84.0 Å². The SMILES string of the molecule is Brc1cc2c(cc1C1Nc3ccc(I)cc3C3C=CCC31)OCO2.Brc1ccc2c(c1)C1C=CCC1C(c1cc3c(cc1Br)OCO3)N2.C.CC(=O)c1ccc2c(c1)C1NCCC1C(c1cc3c(cc1Br)OCO3)N2.CCCc1ccc2c(c1)C1C=CCC1C(c1cc3c(cc1Br)OCO3)N2. The number of fused-ring (bicyclic) bond motifs is 16. The Bertz CT molecular complexity index is 4560. The van der Waals surface area contributed by atoms with Crippen LogP contribution in [0.2, 0.25) is 0 Å². The van der Waals surface area contributed by atoms with Gasteiger partial charge in [0.05, 0.1) is 24.2 Å². The predicted molar refractivity (Wildman–Crippen MR) is 422 cm³/mol. The summed E-state index contributed by atoms with van der Waals surface area (Å²) in [4.78, 5) is 11.8. The van der Waals surface area contributed by atoms with Gasteiger partial charge in [-0.2, -0.15) is 0 Å². The molecule has 520 valence electrons. The lowest BCUT2D eigenvalue weighted by molar-refractivity contribution is 0.101. The van der Waals surface area contributed by atoms with E-state index in [0.717, 1.165) is 118 Å². The van der Waals surface area contributed by atoms with Gasteiger partial charge in [-0.3, -0.25) is 4.79 Å². The molecule has 1 saturated heterocycles. The molecule has 8 aromatic carbocycles. The number of carbonyl (C=O) groups is 1. The fraction of sp³-hybridized carbons (Fsp3) is 0.321. The molecule has 3 aliphatic carbocycles. The van der Waals surface area contributed by atoms with E-state index in [2.05, 4.69) is 251 Å². The third kappa shape index (κ3) is 13.0. The molecule has 5 N–H and O–H groups in total. The largest absolute Gasteiger partial charge is 0.454 e. The average molecular weight is 1790 g/mol. The fourth-order valence-corrected chi connectivity index (χ4v) is 20.2. The summed E-state index contributed by atoms with van der Waals surface area (Å²) in [6, 6.07) is 43.7. The molecule has 9 aliphatic heterocycles. The van der Waals surface area contributed by atoms with Crippen LogP contribution in [-0.4, -0.2) is 39.5 Å². The summed E-state index contributed by atoms with van der Waals surface area (Å²) in [5.74, 6) is 9.99. The molecule has 12 unspecified atom stereocenters. The smallest absolute Gasteiger partial charge is 0.231 e. The van der Waals surface area contributed by atoms with Crippen molar-refractivity contribution in [1.82, 2.24) is 5.32 Å². The molecule has 0 amide bonds. The van der Waals surface area contributed by atoms with Crippen molar-refractivity contribution in [3.05, 3.63) is 239 Å². The zero-order valence-electron chi connectivity index (χ0n) is 54.7. The third-order valence-corrected chi connectivity index (χ3v) is 25.6. The fourth-order valence-electron chi connectivity index (χ4n) is 17.0. The number of rotatable bonds is 7. The molecule has 0 aromatic heterocycles. The van der Waals surface area contributed by atoms with Crippen LogP contribution in [0.3, 0.4) is 0 Å². The van der Waals surface area contributed by atoms with E-state index in [0.29, 0.717) is 61.8 Å². The molecule has 1 fully saturated rings. The molecule has 14 nitrogen and oxygen atoms in total. The summed E-state index contributed by atoms with van der Waals surface area (Å²) < 4.78 is 51.0. The average Bonchev–Trinajstić information content (AvgIpc) is 1.74. The number of anilines is 4. The van der Waals surface area contributed by atoms with E-state index in [-0.39, 0.29) is 50.2 Å². The number of benzene rings is 8. The quantitative estimate of drug-likeness (QED) is 0.0585. The van der Waals surface area contributed by atoms with Crippen molar-refractivity contribution in [2.24, 2.45) is 23.7 Å². The molecule has 12 atom stereocenters. The van der Waals surface area contributed by atoms with Crippen LogP contribution in [0.15, 0.2) is 180 Å². The summed E-state index contributed by atoms with van der Waals surface area (Å²) in [5, 5.41) is 18.7. The van der Waals surface area contributed by atoms with Gasteiger partial charge >= 0.3 is 0 Å². The molecule has 20 rings (SSSR count). The van der Waals surface area contributed by atoms with Crippen LogP contribution < -0.4 is 64.5 Å². The van der Waals surface area contributed by atoms with Gasteiger partial charge in [-0.25, -0.2) is 0 Å². The van der Waals surface area contributed by atoms with Crippen LogP contribution in [0, 0.1) is 27.2 Å². The van der Waals surface area contributed by atoms with E-state index in [4.69, 9.17) is 37.9 Å². The van der Waals surface area contributed by atoms with Crippen LogP contribution in [0.1, 0.15) is 162 Å². The zero-order valence-corrected chi connectivity index (χ0v) is 64.7. The molecule has 8 aromatic rings. The van der Waals surface area contributed by atoms with E-state index >= 15 is 0 Å². The lowest BCUT2D eigenvalue weighted by atomic mass is 9.76. The number of nitrogens with one attached hydrogen (secondary N) is 5. The van der Waals surface area contributed by atoms with Crippen molar-refractivity contribution in [1.29, 1.82) is 0 Å². The number of ether oxygens (including phenoxy) is 8. The van der Waals surface area contributed by atoms with Gasteiger partial charge in [-0.05, 0) is 245 Å². The van der Waals surface area contributed by atoms with Crippen molar-refractivity contribution in [2.45, 2.75) is 108 Å². The first-order valence-corrected chi connectivity index (χ1v) is 39.3. The third-order valence-electron chi connectivity index (χ3n) is 21.7. The Morgan fingerprint density at radius 3 is 1.24 bits per heavy atom. The number of ketones is 1. The Morgan fingerprint density at radius 1 is 0.426 bits per heavy atom. The lowest BCUT2D eigenvalue weighted by Gasteiger charge is -2.38. The van der Waals surface area contributed by atoms with Gasteiger partial charge in [0.15, 0.2) is 51.8 Å². The first-order chi connectivity index (χ1) is 48.8. The van der Waals surface area contributed by atoms with Crippen molar-refractivity contribution in [2.75, 3.05) is 55.0 Å². The van der Waals surface area contributed by atoms with Gasteiger partial charge in [0.2, 0.25) is 27.2 Å². The van der Waals surface area contributed by atoms with Crippen LogP contribution in [0.5, 0.6) is 46.0 Å². The molecule has 0 radical (unpaired) electrons. The van der Waals surface area contributed by atoms with Gasteiger partial charge < -0.3 is 64.5 Å². The van der Waals surface area contributed by atoms with E-state index in [9.17, 15) is 4.79 Å². The summed E-state index contributed by atoms with van der Waals surface area (Å²) in [5.41, 5.74) is 17.3. The molecule has 0 spiro atoms. The van der Waals surface area contributed by atoms with E-state index < -0.39 is 0 Å². The Balaban J connectivity index is 0.000000104. The number of halogens is 6. The second kappa shape index (κ2) is 28.8. The minimum Gasteiger partial charge on any atom is -0.454 e. The van der Waals surface area contributed by atoms with E-state index in [1.807, 2.05) is 42.5 Å². The van der Waals surface area contributed by atoms with Crippen LogP contribution in [-0.2, 0) is 6.42 Å². The topological polar surface area (TPSA) is 151 Å². The highest BCUT2D eigenvalue weighted by atomic mass is 127. The van der Waals surface area contributed by atoms with Crippen LogP contribution >= 0.6 is 102 Å². The second-order valence-corrected chi connectivity index (χ2v) is 32.9. The predicted octanol–water partition coefficient (Wildman–Crippen LogP) is 22.2. The highest BCUT2D eigenvalue weighted by Gasteiger charge is 2.45. The number of hydrogen-bond donors (Lipinski definition) is 5. The summed E-state index contributed by atoms with van der Waals surface area (Å²) in [6.45, 7) is 6.01. The highest BCUT2D eigenvalue weighted by molar-refractivity contribution is 14.1. The minimum atomic E-state index is 0. The molecule has 9 heterocycles. The summed E-state index contributed by atoms with van der Waals surface area (Å²) in [7, 11) is 0. The Labute approximate surface area is 644 Å². The van der Waals surface area contributed by atoms with Crippen molar-refractivity contribution in [3.8, 4) is 46.0 Å². The Morgan fingerprint density at radius 2 is 0.802 bits per heavy atom. The first-order valence-electron chi connectivity index (χ1n) is 34.3. The van der Waals surface area contributed by atoms with Crippen molar-refractivity contribution >= 4 is 131 Å². The molecule has 101 heavy (non-hydrogen) atoms. The van der Waals surface area contributed by atoms with Crippen molar-refractivity contribution < 1.29 is 42.7 Å². The maximum absolute atomic E-state index is 11.8. The zero-order chi connectivity index (χ0) is 68.0. The molecular weight excluding hydrogens is 1710 g/mol. The molecule has 12 aliphatic rings. The maximum atomic E-state index is 11.8. The minimum absolute atomic E-state index is 0. The summed E-state index contributed by atoms with van der Waals surface area (Å²) in [6.07, 6.45) is 20.8. The molecule has 0 bridgehead atoms. The van der Waals surface area contributed by atoms with E-state index in [1.54, 1.807) is 6.92 Å². The van der Waals surface area contributed by atoms with Crippen LogP contribution in [0.4, 0.5) is 22.7 Å². The molecule has 20 heteroatoms. The number of hydrogen-bond acceptors (Lipinski definition) is 14. The van der Waals surface area contributed by atoms with Gasteiger partial charge in [0.1, 0.15) is 0 Å². The Kier molecular flexibility index (Phi) is 19.6. The van der Waals surface area contributed by atoms with Gasteiger partial charge in [0.25, 0.3) is 0 Å². The standard InChI is InChI=1S/C22H22BrNO2.C20H19BrN2O3.C19H15Br2NO2.C19H15BrINO2.CH4/c1-2-4-13-7-8-19-16(9-13)14-5-3-6-15(14)22(24-19)17-10-20-21(11-18(17)23)26-12-25-20;1-10(24)11-2-3-16-14(6-11)19-12(4-5-22-19)20(23-16)13-7-17-18(8-15(13)21)26-9-25-17;20-10-4-5-16-13(6-10)11-2-1-3-12(11)19(22-16)14-7-17-18(8-15(14)21)24-9-23-17;20-15-8-18-17(23-9-24-18)7-14(15)19-12-3-1-2-11(12)13-6-10(21)4-5-16(13)22-19;/h3,5,7-11,14-15,22,24H,2,4,6,12H2,1H3;2-3,6-8,12,19-20,22-23H,4-5,9H2,1H3;2*1-2,4-8,11-12,19,22H,3,9H2;1H4. The second-order valence-electron chi connectivity index (χ2n) is 27.3. The first kappa shape index (κ1) is 68.8. The highest BCUT2D eigenvalue weighted by Crippen LogP contribution is 2.57. The maximum Gasteiger partial charge on any atom is 0.231 e. The van der Waals surface area contributed by atoms with Gasteiger partial charge in [-0.15, -0.1) is 0 Å². The molecular formula is C81H75Br5IN5O9. The van der Waals surface area contributed by atoms with Crippen LogP contribution in [0.25, 0.3) is 0 Å². The molecule has 0 saturated carbocycles. The number of carbonyl (C=O) groups excluding carboxylic acids is 1. The van der Waals surface area contributed by atoms with Crippen molar-refractivity contribution in [3.63, 3.8) is 0 Å². The Hall–Kier alpha value is -6.66. The number of Topliss-reactive ketones (excluding diaryl/α,β-unsaturated/α-hetero) is 1. The van der Waals surface area contributed by atoms with Gasteiger partial charge in [-0.1, -0.05) is 149 Å². The normalized spacial score (nSPS) is 25.3. The lowest BCUT2D eigenvalue weighted by Crippen LogP contribution is -2.32. The monoisotopic (exact) mass is 1780 g/mol. The number of allylic oxidation sites excluding steroid dienone is 6. The van der Waals surface area contributed by atoms with E-state index in [1.165, 1.54) is 77.1 Å².